The van der Waals surface area contributed by atoms with Gasteiger partial charge < -0.3 is 15.0 Å². The molecule has 21 heavy (non-hydrogen) atoms. The van der Waals surface area contributed by atoms with E-state index < -0.39 is 11.7 Å². The first kappa shape index (κ1) is 14.3. The third-order valence-corrected chi connectivity index (χ3v) is 3.60. The first-order valence-electron chi connectivity index (χ1n) is 6.90. The van der Waals surface area contributed by atoms with Crippen LogP contribution in [0.25, 0.3) is 11.0 Å². The number of aromatic amines is 1. The number of nitrogens with one attached hydrogen (secondary N) is 2. The molecule has 0 bridgehead atoms. The molecule has 2 heterocycles. The van der Waals surface area contributed by atoms with Gasteiger partial charge in [0.1, 0.15) is 12.4 Å². The topological polar surface area (TPSA) is 49.9 Å². The quantitative estimate of drug-likeness (QED) is 0.916. The number of benzene rings is 1. The molecule has 2 N–H and O–H groups in total. The molecule has 0 amide bonds. The molecule has 1 saturated heterocycles. The molecular weight excluding hydrogens is 283 g/mol. The van der Waals surface area contributed by atoms with Crippen LogP contribution in [0.5, 0.6) is 0 Å². The van der Waals surface area contributed by atoms with Gasteiger partial charge in [0, 0.05) is 0 Å². The van der Waals surface area contributed by atoms with Crippen molar-refractivity contribution in [3.8, 4) is 0 Å². The highest BCUT2D eigenvalue weighted by Crippen LogP contribution is 2.30. The van der Waals surface area contributed by atoms with E-state index in [2.05, 4.69) is 15.3 Å². The molecule has 1 aromatic carbocycles. The van der Waals surface area contributed by atoms with Crippen molar-refractivity contribution in [2.45, 2.75) is 31.7 Å². The lowest BCUT2D eigenvalue weighted by atomic mass is 10.1. The zero-order valence-corrected chi connectivity index (χ0v) is 11.3. The average Bonchev–Trinajstić information content (AvgIpc) is 2.87. The van der Waals surface area contributed by atoms with Crippen molar-refractivity contribution in [1.29, 1.82) is 0 Å². The van der Waals surface area contributed by atoms with Gasteiger partial charge in [-0.05, 0) is 44.1 Å². The van der Waals surface area contributed by atoms with Gasteiger partial charge in [-0.1, -0.05) is 0 Å². The second-order valence-electron chi connectivity index (χ2n) is 5.17. The summed E-state index contributed by atoms with van der Waals surface area (Å²) in [7, 11) is 0. The first-order valence-corrected chi connectivity index (χ1v) is 6.90. The normalized spacial score (nSPS) is 17.5. The van der Waals surface area contributed by atoms with Crippen LogP contribution in [0.4, 0.5) is 13.2 Å². The Morgan fingerprint density at radius 3 is 2.71 bits per heavy atom. The summed E-state index contributed by atoms with van der Waals surface area (Å²) in [5, 5.41) is 3.24. The number of piperidine rings is 1. The third-order valence-electron chi connectivity index (χ3n) is 3.60. The van der Waals surface area contributed by atoms with E-state index in [9.17, 15) is 13.2 Å². The number of fused-ring (bicyclic) bond motifs is 1. The Labute approximate surface area is 119 Å². The minimum Gasteiger partial charge on any atom is -0.370 e. The second kappa shape index (κ2) is 5.65. The summed E-state index contributed by atoms with van der Waals surface area (Å²) >= 11 is 0. The van der Waals surface area contributed by atoms with Crippen LogP contribution < -0.4 is 5.32 Å². The maximum Gasteiger partial charge on any atom is 0.416 e. The number of ether oxygens (including phenoxy) is 1. The molecule has 0 unspecified atom stereocenters. The van der Waals surface area contributed by atoms with Gasteiger partial charge in [-0.15, -0.1) is 0 Å². The smallest absolute Gasteiger partial charge is 0.370 e. The Kier molecular flexibility index (Phi) is 3.86. The van der Waals surface area contributed by atoms with Crippen molar-refractivity contribution in [3.63, 3.8) is 0 Å². The van der Waals surface area contributed by atoms with Crippen LogP contribution in [0.1, 0.15) is 24.2 Å². The molecule has 1 fully saturated rings. The number of hydrogen-bond acceptors (Lipinski definition) is 3. The number of alkyl halides is 3. The van der Waals surface area contributed by atoms with E-state index >= 15 is 0 Å². The highest BCUT2D eigenvalue weighted by atomic mass is 19.4. The Bertz CT molecular complexity index is 617. The van der Waals surface area contributed by atoms with Crippen molar-refractivity contribution in [2.24, 2.45) is 0 Å². The zero-order valence-electron chi connectivity index (χ0n) is 11.3. The van der Waals surface area contributed by atoms with Gasteiger partial charge in [0.15, 0.2) is 0 Å². The minimum atomic E-state index is -4.34. The summed E-state index contributed by atoms with van der Waals surface area (Å²) in [5.74, 6) is 0.558. The number of halogens is 3. The molecule has 3 rings (SSSR count). The number of nitrogens with zero attached hydrogens (tertiary/aromatic N) is 1. The number of aromatic nitrogens is 2. The van der Waals surface area contributed by atoms with E-state index in [1.165, 1.54) is 6.07 Å². The molecule has 4 nitrogen and oxygen atoms in total. The summed E-state index contributed by atoms with van der Waals surface area (Å²) in [6.45, 7) is 2.15. The summed E-state index contributed by atoms with van der Waals surface area (Å²) in [4.78, 5) is 7.15. The lowest BCUT2D eigenvalue weighted by Crippen LogP contribution is -2.32. The van der Waals surface area contributed by atoms with Crippen LogP contribution in [0.15, 0.2) is 18.2 Å². The van der Waals surface area contributed by atoms with Gasteiger partial charge >= 0.3 is 6.18 Å². The lowest BCUT2D eigenvalue weighted by molar-refractivity contribution is -0.137. The molecular formula is C14H16F3N3O. The van der Waals surface area contributed by atoms with Gasteiger partial charge in [-0.3, -0.25) is 0 Å². The Morgan fingerprint density at radius 2 is 2.00 bits per heavy atom. The van der Waals surface area contributed by atoms with Crippen LogP contribution in [0, 0.1) is 0 Å². The number of rotatable bonds is 3. The fourth-order valence-electron chi connectivity index (χ4n) is 2.47. The molecule has 0 aliphatic carbocycles. The molecule has 1 aliphatic heterocycles. The predicted octanol–water partition coefficient (Wildman–Crippen LogP) is 2.85. The fourth-order valence-corrected chi connectivity index (χ4v) is 2.47. The molecule has 2 aromatic rings. The Balaban J connectivity index is 1.71. The van der Waals surface area contributed by atoms with E-state index in [0.717, 1.165) is 38.1 Å². The van der Waals surface area contributed by atoms with Gasteiger partial charge in [0.2, 0.25) is 0 Å². The molecule has 1 aromatic heterocycles. The number of hydrogen-bond donors (Lipinski definition) is 2. The van der Waals surface area contributed by atoms with Gasteiger partial charge in [0.05, 0.1) is 22.7 Å². The lowest BCUT2D eigenvalue weighted by Gasteiger charge is -2.22. The van der Waals surface area contributed by atoms with Crippen molar-refractivity contribution in [1.82, 2.24) is 15.3 Å². The van der Waals surface area contributed by atoms with Gasteiger partial charge in [-0.25, -0.2) is 4.98 Å². The van der Waals surface area contributed by atoms with E-state index in [1.807, 2.05) is 0 Å². The predicted molar refractivity (Wildman–Crippen MR) is 71.8 cm³/mol. The average molecular weight is 299 g/mol. The summed E-state index contributed by atoms with van der Waals surface area (Å²) < 4.78 is 43.7. The second-order valence-corrected chi connectivity index (χ2v) is 5.17. The van der Waals surface area contributed by atoms with Crippen molar-refractivity contribution < 1.29 is 17.9 Å². The zero-order chi connectivity index (χ0) is 14.9. The van der Waals surface area contributed by atoms with Crippen molar-refractivity contribution >= 4 is 11.0 Å². The van der Waals surface area contributed by atoms with Gasteiger partial charge in [0.25, 0.3) is 0 Å². The van der Waals surface area contributed by atoms with E-state index in [0.29, 0.717) is 23.5 Å². The minimum absolute atomic E-state index is 0.185. The van der Waals surface area contributed by atoms with Crippen LogP contribution in [-0.4, -0.2) is 29.2 Å². The highest BCUT2D eigenvalue weighted by Gasteiger charge is 2.30. The molecule has 0 radical (unpaired) electrons. The molecule has 114 valence electrons. The van der Waals surface area contributed by atoms with E-state index in [4.69, 9.17) is 4.74 Å². The SMILES string of the molecule is FC(F)(F)c1ccc2nc(COC3CCNCC3)[nH]c2c1. The molecule has 7 heteroatoms. The summed E-state index contributed by atoms with van der Waals surface area (Å²) in [6, 6.07) is 3.50. The van der Waals surface area contributed by atoms with E-state index in [-0.39, 0.29) is 6.10 Å². The number of imidazole rings is 1. The first-order chi connectivity index (χ1) is 10.0. The fraction of sp³-hybridized carbons (Fsp3) is 0.500. The number of H-pyrrole nitrogens is 1. The van der Waals surface area contributed by atoms with Crippen LogP contribution in [0.2, 0.25) is 0 Å². The van der Waals surface area contributed by atoms with E-state index in [1.54, 1.807) is 0 Å². The van der Waals surface area contributed by atoms with Gasteiger partial charge in [-0.2, -0.15) is 13.2 Å². The standard InChI is InChI=1S/C14H16F3N3O/c15-14(16,17)9-1-2-11-12(7-9)20-13(19-11)8-21-10-3-5-18-6-4-10/h1-2,7,10,18H,3-6,8H2,(H,19,20). The maximum absolute atomic E-state index is 12.6. The van der Waals surface area contributed by atoms with Crippen LogP contribution in [0.3, 0.4) is 0 Å². The van der Waals surface area contributed by atoms with Crippen LogP contribution >= 0.6 is 0 Å². The molecule has 1 aliphatic rings. The van der Waals surface area contributed by atoms with Crippen LogP contribution in [-0.2, 0) is 17.5 Å². The highest BCUT2D eigenvalue weighted by molar-refractivity contribution is 5.76. The largest absolute Gasteiger partial charge is 0.416 e. The maximum atomic E-state index is 12.6. The monoisotopic (exact) mass is 299 g/mol. The molecule has 0 saturated carbocycles. The van der Waals surface area contributed by atoms with Crippen molar-refractivity contribution in [3.05, 3.63) is 29.6 Å². The Morgan fingerprint density at radius 1 is 1.24 bits per heavy atom. The summed E-state index contributed by atoms with van der Waals surface area (Å²) in [6.07, 6.45) is -2.27. The summed E-state index contributed by atoms with van der Waals surface area (Å²) in [5.41, 5.74) is 0.227. The third kappa shape index (κ3) is 3.36. The molecule has 0 spiro atoms. The van der Waals surface area contributed by atoms with Crippen molar-refractivity contribution in [2.75, 3.05) is 13.1 Å². The molecule has 0 atom stereocenters. The Hall–Kier alpha value is -1.60.